The van der Waals surface area contributed by atoms with Crippen LogP contribution in [-0.2, 0) is 24.1 Å². The van der Waals surface area contributed by atoms with Gasteiger partial charge in [-0.2, -0.15) is 0 Å². The number of nitrogens with zero attached hydrogens (tertiary/aromatic N) is 2. The Morgan fingerprint density at radius 2 is 1.75 bits per heavy atom. The monoisotopic (exact) mass is 377 g/mol. The van der Waals surface area contributed by atoms with E-state index in [4.69, 9.17) is 5.73 Å². The Balaban J connectivity index is 1.56. The highest BCUT2D eigenvalue weighted by molar-refractivity contribution is 5.88. The van der Waals surface area contributed by atoms with E-state index in [1.54, 1.807) is 0 Å². The number of amides is 1. The molecule has 0 spiro atoms. The highest BCUT2D eigenvalue weighted by atomic mass is 16.2. The van der Waals surface area contributed by atoms with Crippen molar-refractivity contribution in [3.05, 3.63) is 71.3 Å². The topological polar surface area (TPSA) is 49.6 Å². The largest absolute Gasteiger partial charge is 0.341 e. The van der Waals surface area contributed by atoms with Crippen LogP contribution in [0.2, 0.25) is 0 Å². The first kappa shape index (κ1) is 19.2. The van der Waals surface area contributed by atoms with Crippen LogP contribution in [0, 0.1) is 5.92 Å². The van der Waals surface area contributed by atoms with Gasteiger partial charge in [0.05, 0.1) is 0 Å². The maximum Gasteiger partial charge on any atom is 0.243 e. The van der Waals surface area contributed by atoms with Crippen LogP contribution in [0.15, 0.2) is 54.6 Å². The summed E-state index contributed by atoms with van der Waals surface area (Å²) >= 11 is 0. The maximum atomic E-state index is 13.8. The van der Waals surface area contributed by atoms with Gasteiger partial charge in [-0.05, 0) is 49.0 Å². The SMILES string of the molecule is CN(CCc1ccccc1)C1(C(=O)N2CCC(CN)C2)Cc2ccccc2C1. The Morgan fingerprint density at radius 3 is 2.36 bits per heavy atom. The first-order valence-corrected chi connectivity index (χ1v) is 10.4. The van der Waals surface area contributed by atoms with Crippen LogP contribution in [0.25, 0.3) is 0 Å². The van der Waals surface area contributed by atoms with Gasteiger partial charge >= 0.3 is 0 Å². The van der Waals surface area contributed by atoms with Gasteiger partial charge in [0.25, 0.3) is 0 Å². The van der Waals surface area contributed by atoms with E-state index in [9.17, 15) is 4.79 Å². The van der Waals surface area contributed by atoms with Gasteiger partial charge in [-0.15, -0.1) is 0 Å². The molecule has 4 rings (SSSR count). The molecule has 1 aliphatic heterocycles. The molecule has 4 heteroatoms. The molecular weight excluding hydrogens is 346 g/mol. The molecule has 148 valence electrons. The minimum Gasteiger partial charge on any atom is -0.341 e. The number of hydrogen-bond donors (Lipinski definition) is 1. The molecule has 0 saturated carbocycles. The molecule has 28 heavy (non-hydrogen) atoms. The molecule has 1 amide bonds. The lowest BCUT2D eigenvalue weighted by molar-refractivity contribution is -0.142. The maximum absolute atomic E-state index is 13.8. The fourth-order valence-corrected chi connectivity index (χ4v) is 4.84. The standard InChI is InChI=1S/C24H31N3O/c1-26(13-11-19-7-3-2-4-8-19)24(15-21-9-5-6-10-22(21)16-24)23(28)27-14-12-20(17-25)18-27/h2-10,20H,11-18,25H2,1H3. The summed E-state index contributed by atoms with van der Waals surface area (Å²) in [4.78, 5) is 18.2. The zero-order chi connectivity index (χ0) is 19.6. The third-order valence-corrected chi connectivity index (χ3v) is 6.70. The molecule has 0 radical (unpaired) electrons. The van der Waals surface area contributed by atoms with Gasteiger partial charge in [0.1, 0.15) is 5.54 Å². The van der Waals surface area contributed by atoms with Crippen LogP contribution in [-0.4, -0.2) is 54.5 Å². The summed E-state index contributed by atoms with van der Waals surface area (Å²) in [5, 5.41) is 0. The van der Waals surface area contributed by atoms with E-state index in [0.717, 1.165) is 45.3 Å². The third-order valence-electron chi connectivity index (χ3n) is 6.70. The van der Waals surface area contributed by atoms with Gasteiger partial charge in [-0.3, -0.25) is 9.69 Å². The van der Waals surface area contributed by atoms with Crippen molar-refractivity contribution in [2.24, 2.45) is 11.7 Å². The highest BCUT2D eigenvalue weighted by Crippen LogP contribution is 2.37. The number of benzene rings is 2. The Morgan fingerprint density at radius 1 is 1.11 bits per heavy atom. The molecule has 1 heterocycles. The highest BCUT2D eigenvalue weighted by Gasteiger charge is 2.49. The molecule has 2 aromatic rings. The first-order chi connectivity index (χ1) is 13.6. The van der Waals surface area contributed by atoms with Crippen LogP contribution >= 0.6 is 0 Å². The number of likely N-dealkylation sites (tertiary alicyclic amines) is 1. The molecule has 1 fully saturated rings. The Kier molecular flexibility index (Phi) is 5.51. The molecule has 2 aliphatic rings. The van der Waals surface area contributed by atoms with E-state index in [1.165, 1.54) is 16.7 Å². The van der Waals surface area contributed by atoms with Crippen LogP contribution in [0.1, 0.15) is 23.1 Å². The van der Waals surface area contributed by atoms with E-state index in [-0.39, 0.29) is 5.91 Å². The van der Waals surface area contributed by atoms with Gasteiger partial charge in [0, 0.05) is 32.5 Å². The minimum atomic E-state index is -0.470. The fourth-order valence-electron chi connectivity index (χ4n) is 4.84. The summed E-state index contributed by atoms with van der Waals surface area (Å²) in [5.41, 5.74) is 9.35. The number of nitrogens with two attached hydrogens (primary N) is 1. The van der Waals surface area contributed by atoms with Crippen LogP contribution in [0.5, 0.6) is 0 Å². The Bertz CT molecular complexity index is 795. The lowest BCUT2D eigenvalue weighted by atomic mass is 9.91. The second kappa shape index (κ2) is 8.06. The van der Waals surface area contributed by atoms with E-state index in [1.807, 2.05) is 6.07 Å². The molecule has 1 saturated heterocycles. The van der Waals surface area contributed by atoms with Crippen molar-refractivity contribution in [2.45, 2.75) is 31.2 Å². The number of likely N-dealkylation sites (N-methyl/N-ethyl adjacent to an activating group) is 1. The summed E-state index contributed by atoms with van der Waals surface area (Å²) in [6.07, 6.45) is 3.58. The molecule has 1 unspecified atom stereocenters. The van der Waals surface area contributed by atoms with Gasteiger partial charge < -0.3 is 10.6 Å². The molecule has 1 atom stereocenters. The van der Waals surface area contributed by atoms with Crippen LogP contribution in [0.3, 0.4) is 0 Å². The van der Waals surface area contributed by atoms with Gasteiger partial charge in [-0.25, -0.2) is 0 Å². The van der Waals surface area contributed by atoms with E-state index < -0.39 is 5.54 Å². The van der Waals surface area contributed by atoms with Crippen molar-refractivity contribution < 1.29 is 4.79 Å². The van der Waals surface area contributed by atoms with Crippen LogP contribution < -0.4 is 5.73 Å². The quantitative estimate of drug-likeness (QED) is 0.842. The lowest BCUT2D eigenvalue weighted by Crippen LogP contribution is -2.59. The zero-order valence-corrected chi connectivity index (χ0v) is 16.8. The fraction of sp³-hybridized carbons (Fsp3) is 0.458. The van der Waals surface area contributed by atoms with E-state index >= 15 is 0 Å². The molecule has 1 aliphatic carbocycles. The van der Waals surface area contributed by atoms with Crippen molar-refractivity contribution in [1.82, 2.24) is 9.80 Å². The first-order valence-electron chi connectivity index (χ1n) is 10.4. The number of carbonyl (C=O) groups is 1. The molecule has 4 nitrogen and oxygen atoms in total. The second-order valence-electron chi connectivity index (χ2n) is 8.45. The summed E-state index contributed by atoms with van der Waals surface area (Å²) in [5.74, 6) is 0.731. The second-order valence-corrected chi connectivity index (χ2v) is 8.45. The van der Waals surface area contributed by atoms with Gasteiger partial charge in [-0.1, -0.05) is 54.6 Å². The summed E-state index contributed by atoms with van der Waals surface area (Å²) in [7, 11) is 2.13. The van der Waals surface area contributed by atoms with E-state index in [2.05, 4.69) is 65.4 Å². The van der Waals surface area contributed by atoms with Crippen molar-refractivity contribution in [3.63, 3.8) is 0 Å². The lowest BCUT2D eigenvalue weighted by Gasteiger charge is -2.40. The summed E-state index contributed by atoms with van der Waals surface area (Å²) < 4.78 is 0. The van der Waals surface area contributed by atoms with Crippen LogP contribution in [0.4, 0.5) is 0 Å². The van der Waals surface area contributed by atoms with Gasteiger partial charge in [0.15, 0.2) is 0 Å². The molecular formula is C24H31N3O. The van der Waals surface area contributed by atoms with Crippen molar-refractivity contribution >= 4 is 5.91 Å². The van der Waals surface area contributed by atoms with Gasteiger partial charge in [0.2, 0.25) is 5.91 Å². The predicted molar refractivity (Wildman–Crippen MR) is 113 cm³/mol. The molecule has 0 bridgehead atoms. The summed E-state index contributed by atoms with van der Waals surface area (Å²) in [6, 6.07) is 19.1. The number of fused-ring (bicyclic) bond motifs is 1. The molecule has 0 aromatic heterocycles. The zero-order valence-electron chi connectivity index (χ0n) is 16.8. The predicted octanol–water partition coefficient (Wildman–Crippen LogP) is 2.51. The summed E-state index contributed by atoms with van der Waals surface area (Å²) in [6.45, 7) is 3.18. The molecule has 2 aromatic carbocycles. The van der Waals surface area contributed by atoms with E-state index in [0.29, 0.717) is 12.5 Å². The normalized spacial score (nSPS) is 20.5. The number of carbonyl (C=O) groups excluding carboxylic acids is 1. The smallest absolute Gasteiger partial charge is 0.243 e. The van der Waals surface area contributed by atoms with Crippen molar-refractivity contribution in [1.29, 1.82) is 0 Å². The Labute approximate surface area is 168 Å². The minimum absolute atomic E-state index is 0.287. The Hall–Kier alpha value is -2.17. The van der Waals surface area contributed by atoms with Crippen molar-refractivity contribution in [3.8, 4) is 0 Å². The molecule has 2 N–H and O–H groups in total. The van der Waals surface area contributed by atoms with Crippen molar-refractivity contribution in [2.75, 3.05) is 33.2 Å². The average Bonchev–Trinajstić information content (AvgIpc) is 3.37. The average molecular weight is 378 g/mol. The number of rotatable bonds is 6. The third kappa shape index (κ3) is 3.59. The number of hydrogen-bond acceptors (Lipinski definition) is 3.